The Bertz CT molecular complexity index is 611. The maximum atomic E-state index is 11.7. The molecule has 2 aliphatic rings. The Labute approximate surface area is 135 Å². The smallest absolute Gasteiger partial charge is 0.324 e. The fourth-order valence-electron chi connectivity index (χ4n) is 3.61. The molecule has 2 saturated heterocycles. The highest BCUT2D eigenvalue weighted by atomic mass is 16.5. The molecule has 3 heterocycles. The number of urea groups is 1. The summed E-state index contributed by atoms with van der Waals surface area (Å²) in [5.74, 6) is 0.635. The Morgan fingerprint density at radius 1 is 1.35 bits per heavy atom. The first-order valence-corrected chi connectivity index (χ1v) is 7.92. The second-order valence-electron chi connectivity index (χ2n) is 6.03. The van der Waals surface area contributed by atoms with E-state index in [1.54, 1.807) is 11.8 Å². The lowest BCUT2D eigenvalue weighted by molar-refractivity contribution is -0.125. The Hall–Kier alpha value is -2.09. The largest absolute Gasteiger partial charge is 0.481 e. The van der Waals surface area contributed by atoms with Gasteiger partial charge in [-0.25, -0.2) is 9.48 Å². The van der Waals surface area contributed by atoms with Gasteiger partial charge in [-0.2, -0.15) is 5.10 Å². The number of carbonyl (C=O) groups excluding carboxylic acids is 2. The van der Waals surface area contributed by atoms with E-state index < -0.39 is 0 Å². The lowest BCUT2D eigenvalue weighted by Gasteiger charge is -2.26. The summed E-state index contributed by atoms with van der Waals surface area (Å²) in [6.45, 7) is 4.14. The standard InChI is InChI=1S/C15H23N5O3/c1-10-13(14(23-3)18(2)17-10)11-5-4-6-19(11)7-8-20-12(21)9-16-15(20)22/h11H,4-9H2,1-3H3,(H,16,22). The Balaban J connectivity index is 1.73. The van der Waals surface area contributed by atoms with Crippen molar-refractivity contribution in [3.8, 4) is 5.88 Å². The molecule has 1 unspecified atom stereocenters. The number of nitrogens with one attached hydrogen (secondary N) is 1. The van der Waals surface area contributed by atoms with Crippen LogP contribution in [0.25, 0.3) is 0 Å². The third-order valence-corrected chi connectivity index (χ3v) is 4.65. The van der Waals surface area contributed by atoms with Crippen molar-refractivity contribution in [3.05, 3.63) is 11.3 Å². The van der Waals surface area contributed by atoms with Gasteiger partial charge in [0, 0.05) is 26.2 Å². The molecule has 0 aliphatic carbocycles. The molecule has 23 heavy (non-hydrogen) atoms. The SMILES string of the molecule is COc1c(C2CCCN2CCN2C(=O)CNC2=O)c(C)nn1C. The lowest BCUT2D eigenvalue weighted by atomic mass is 10.1. The Morgan fingerprint density at radius 3 is 2.78 bits per heavy atom. The van der Waals surface area contributed by atoms with Crippen molar-refractivity contribution in [3.63, 3.8) is 0 Å². The van der Waals surface area contributed by atoms with Crippen molar-refractivity contribution in [1.29, 1.82) is 0 Å². The molecule has 3 rings (SSSR count). The molecule has 0 radical (unpaired) electrons. The minimum atomic E-state index is -0.291. The van der Waals surface area contributed by atoms with E-state index in [-0.39, 0.29) is 24.5 Å². The predicted molar refractivity (Wildman–Crippen MR) is 83.2 cm³/mol. The van der Waals surface area contributed by atoms with Gasteiger partial charge in [-0.15, -0.1) is 0 Å². The third-order valence-electron chi connectivity index (χ3n) is 4.65. The first-order valence-electron chi connectivity index (χ1n) is 7.92. The summed E-state index contributed by atoms with van der Waals surface area (Å²) in [4.78, 5) is 26.9. The minimum Gasteiger partial charge on any atom is -0.481 e. The number of hydrogen-bond acceptors (Lipinski definition) is 5. The zero-order valence-electron chi connectivity index (χ0n) is 13.8. The second kappa shape index (κ2) is 6.19. The Morgan fingerprint density at radius 2 is 2.13 bits per heavy atom. The van der Waals surface area contributed by atoms with E-state index in [1.807, 2.05) is 14.0 Å². The van der Waals surface area contributed by atoms with Crippen molar-refractivity contribution in [2.45, 2.75) is 25.8 Å². The van der Waals surface area contributed by atoms with Gasteiger partial charge < -0.3 is 10.1 Å². The molecule has 2 fully saturated rings. The average Bonchev–Trinajstić information content (AvgIpc) is 3.16. The monoisotopic (exact) mass is 321 g/mol. The molecule has 2 aliphatic heterocycles. The zero-order valence-corrected chi connectivity index (χ0v) is 13.8. The van der Waals surface area contributed by atoms with Gasteiger partial charge in [0.1, 0.15) is 0 Å². The molecular formula is C15H23N5O3. The number of carbonyl (C=O) groups is 2. The van der Waals surface area contributed by atoms with E-state index in [2.05, 4.69) is 15.3 Å². The Kier molecular flexibility index (Phi) is 4.25. The van der Waals surface area contributed by atoms with Gasteiger partial charge in [0.2, 0.25) is 11.8 Å². The van der Waals surface area contributed by atoms with Crippen LogP contribution in [-0.2, 0) is 11.8 Å². The molecule has 0 spiro atoms. The number of likely N-dealkylation sites (tertiary alicyclic amines) is 1. The third kappa shape index (κ3) is 2.78. The highest BCUT2D eigenvalue weighted by Gasteiger charge is 2.34. The molecule has 0 saturated carbocycles. The number of aromatic nitrogens is 2. The maximum absolute atomic E-state index is 11.7. The van der Waals surface area contributed by atoms with E-state index in [0.29, 0.717) is 13.1 Å². The summed E-state index contributed by atoms with van der Waals surface area (Å²) in [5, 5.41) is 7.01. The van der Waals surface area contributed by atoms with Crippen LogP contribution < -0.4 is 10.1 Å². The average molecular weight is 321 g/mol. The van der Waals surface area contributed by atoms with E-state index in [1.165, 1.54) is 4.90 Å². The zero-order chi connectivity index (χ0) is 16.6. The molecule has 0 aromatic carbocycles. The van der Waals surface area contributed by atoms with Crippen LogP contribution in [0.2, 0.25) is 0 Å². The fourth-order valence-corrected chi connectivity index (χ4v) is 3.61. The van der Waals surface area contributed by atoms with Gasteiger partial charge in [0.15, 0.2) is 0 Å². The molecule has 0 bridgehead atoms. The van der Waals surface area contributed by atoms with Crippen molar-refractivity contribution in [1.82, 2.24) is 24.9 Å². The van der Waals surface area contributed by atoms with E-state index in [0.717, 1.165) is 36.5 Å². The van der Waals surface area contributed by atoms with E-state index in [4.69, 9.17) is 4.74 Å². The topological polar surface area (TPSA) is 79.7 Å². The molecule has 1 aromatic heterocycles. The van der Waals surface area contributed by atoms with Crippen LogP contribution in [0, 0.1) is 6.92 Å². The lowest BCUT2D eigenvalue weighted by Crippen LogP contribution is -2.38. The fraction of sp³-hybridized carbons (Fsp3) is 0.667. The number of amides is 3. The van der Waals surface area contributed by atoms with Crippen molar-refractivity contribution >= 4 is 11.9 Å². The first kappa shape index (κ1) is 15.8. The maximum Gasteiger partial charge on any atom is 0.324 e. The number of ether oxygens (including phenoxy) is 1. The summed E-state index contributed by atoms with van der Waals surface area (Å²) in [6.07, 6.45) is 2.12. The summed E-state index contributed by atoms with van der Waals surface area (Å²) in [5.41, 5.74) is 2.08. The van der Waals surface area contributed by atoms with E-state index >= 15 is 0 Å². The second-order valence-corrected chi connectivity index (χ2v) is 6.03. The number of methoxy groups -OCH3 is 1. The van der Waals surface area contributed by atoms with Gasteiger partial charge in [-0.05, 0) is 26.3 Å². The first-order chi connectivity index (χ1) is 11.0. The van der Waals surface area contributed by atoms with Gasteiger partial charge in [-0.1, -0.05) is 0 Å². The normalized spacial score (nSPS) is 22.0. The van der Waals surface area contributed by atoms with Crippen LogP contribution in [0.15, 0.2) is 0 Å². The van der Waals surface area contributed by atoms with E-state index in [9.17, 15) is 9.59 Å². The quantitative estimate of drug-likeness (QED) is 0.796. The van der Waals surface area contributed by atoms with Crippen molar-refractivity contribution < 1.29 is 14.3 Å². The van der Waals surface area contributed by atoms with Gasteiger partial charge in [-0.3, -0.25) is 14.6 Å². The van der Waals surface area contributed by atoms with Gasteiger partial charge in [0.25, 0.3) is 0 Å². The summed E-state index contributed by atoms with van der Waals surface area (Å²) in [6, 6.07) is -0.0692. The summed E-state index contributed by atoms with van der Waals surface area (Å²) >= 11 is 0. The number of imide groups is 1. The number of nitrogens with zero attached hydrogens (tertiary/aromatic N) is 4. The van der Waals surface area contributed by atoms with Gasteiger partial charge in [0.05, 0.1) is 24.9 Å². The summed E-state index contributed by atoms with van der Waals surface area (Å²) < 4.78 is 7.28. The van der Waals surface area contributed by atoms with Crippen LogP contribution in [-0.4, -0.2) is 64.8 Å². The molecule has 1 atom stereocenters. The van der Waals surface area contributed by atoms with Crippen LogP contribution >= 0.6 is 0 Å². The highest BCUT2D eigenvalue weighted by molar-refractivity contribution is 6.01. The molecule has 8 nitrogen and oxygen atoms in total. The van der Waals surface area contributed by atoms with Crippen LogP contribution in [0.4, 0.5) is 4.79 Å². The van der Waals surface area contributed by atoms with Crippen LogP contribution in [0.5, 0.6) is 5.88 Å². The van der Waals surface area contributed by atoms with Crippen LogP contribution in [0.1, 0.15) is 30.1 Å². The van der Waals surface area contributed by atoms with Crippen LogP contribution in [0.3, 0.4) is 0 Å². The molecule has 1 N–H and O–H groups in total. The van der Waals surface area contributed by atoms with Gasteiger partial charge >= 0.3 is 6.03 Å². The summed E-state index contributed by atoms with van der Waals surface area (Å²) in [7, 11) is 3.54. The van der Waals surface area contributed by atoms with Crippen molar-refractivity contribution in [2.75, 3.05) is 33.3 Å². The minimum absolute atomic E-state index is 0.109. The highest BCUT2D eigenvalue weighted by Crippen LogP contribution is 2.38. The molecule has 126 valence electrons. The molecule has 3 amide bonds. The number of rotatable bonds is 5. The number of aryl methyl sites for hydroxylation is 2. The molecular weight excluding hydrogens is 298 g/mol. The molecule has 1 aromatic rings. The van der Waals surface area contributed by atoms with Crippen molar-refractivity contribution in [2.24, 2.45) is 7.05 Å². The number of hydrogen-bond donors (Lipinski definition) is 1. The predicted octanol–water partition coefficient (Wildman–Crippen LogP) is 0.426. The molecule has 8 heteroatoms.